The maximum absolute atomic E-state index is 12.7. The van der Waals surface area contributed by atoms with Crippen LogP contribution in [0.4, 0.5) is 0 Å². The molecule has 2 saturated heterocycles. The number of allylic oxidation sites excluding steroid dienone is 1. The first-order chi connectivity index (χ1) is 26.8. The molecule has 2 heterocycles. The second-order valence-electron chi connectivity index (χ2n) is 18.6. The van der Waals surface area contributed by atoms with Crippen molar-refractivity contribution in [1.29, 1.82) is 0 Å². The van der Waals surface area contributed by atoms with E-state index in [4.69, 9.17) is 23.7 Å². The molecule has 0 aromatic heterocycles. The Bertz CT molecular complexity index is 1370. The Kier molecular flexibility index (Phi) is 13.9. The molecular weight excluding hydrogens is 752 g/mol. The van der Waals surface area contributed by atoms with Crippen LogP contribution in [0, 0.1) is 52.3 Å². The second-order valence-corrected chi connectivity index (χ2v) is 18.6. The lowest BCUT2D eigenvalue weighted by Crippen LogP contribution is -2.71. The predicted octanol–water partition coefficient (Wildman–Crippen LogP) is -2.62. The summed E-state index contributed by atoms with van der Waals surface area (Å²) >= 11 is 0. The molecule has 4 saturated carbocycles. The van der Waals surface area contributed by atoms with Gasteiger partial charge in [0.05, 0.1) is 55.9 Å². The maximum atomic E-state index is 12.7. The summed E-state index contributed by atoms with van der Waals surface area (Å²) in [4.78, 5) is 0. The van der Waals surface area contributed by atoms with Gasteiger partial charge in [-0.2, -0.15) is 0 Å². The molecule has 2 aliphatic heterocycles. The van der Waals surface area contributed by atoms with Crippen molar-refractivity contribution in [3.8, 4) is 0 Å². The van der Waals surface area contributed by atoms with Crippen molar-refractivity contribution >= 4 is 0 Å². The number of fused-ring (bicyclic) bond motifs is 5. The molecule has 330 valence electrons. The molecule has 0 bridgehead atoms. The van der Waals surface area contributed by atoms with Crippen molar-refractivity contribution in [2.45, 2.75) is 151 Å². The minimum absolute atomic E-state index is 0.0833. The number of rotatable bonds is 13. The maximum Gasteiger partial charge on any atom is 0.187 e. The Morgan fingerprint density at radius 1 is 0.772 bits per heavy atom. The van der Waals surface area contributed by atoms with Crippen molar-refractivity contribution in [2.24, 2.45) is 52.3 Å². The highest BCUT2D eigenvalue weighted by Crippen LogP contribution is 2.69. The zero-order valence-electron chi connectivity index (χ0n) is 33.6. The average Bonchev–Trinajstić information content (AvgIpc) is 3.58. The monoisotopic (exact) mass is 820 g/mol. The Hall–Kier alpha value is -0.940. The third-order valence-corrected chi connectivity index (χ3v) is 15.4. The summed E-state index contributed by atoms with van der Waals surface area (Å²) in [6.45, 7) is 6.31. The van der Waals surface area contributed by atoms with Gasteiger partial charge in [0.15, 0.2) is 12.6 Å². The normalized spacial score (nSPS) is 52.2. The smallest absolute Gasteiger partial charge is 0.187 e. The Morgan fingerprint density at radius 3 is 2.11 bits per heavy atom. The highest BCUT2D eigenvalue weighted by atomic mass is 16.8. The van der Waals surface area contributed by atoms with E-state index in [0.717, 1.165) is 0 Å². The van der Waals surface area contributed by atoms with Crippen LogP contribution in [0.2, 0.25) is 0 Å². The Labute approximate surface area is 333 Å². The summed E-state index contributed by atoms with van der Waals surface area (Å²) in [5, 5.41) is 131. The molecule has 57 heavy (non-hydrogen) atoms. The summed E-state index contributed by atoms with van der Waals surface area (Å²) in [6, 6.07) is 0. The minimum atomic E-state index is -1.55. The number of hydrogen-bond donors (Lipinski definition) is 12. The molecule has 6 aliphatic rings. The number of methoxy groups -OCH3 is 1. The van der Waals surface area contributed by atoms with Gasteiger partial charge in [0, 0.05) is 37.9 Å². The molecule has 0 amide bonds. The molecule has 6 fully saturated rings. The zero-order valence-corrected chi connectivity index (χ0v) is 33.6. The summed E-state index contributed by atoms with van der Waals surface area (Å²) in [7, 11) is 1.29. The van der Waals surface area contributed by atoms with Crippen molar-refractivity contribution in [3.05, 3.63) is 12.2 Å². The van der Waals surface area contributed by atoms with Gasteiger partial charge in [-0.15, -0.1) is 0 Å². The first-order valence-corrected chi connectivity index (χ1v) is 20.6. The summed E-state index contributed by atoms with van der Waals surface area (Å²) in [6.07, 6.45) is -12.2. The third-order valence-electron chi connectivity index (χ3n) is 15.4. The molecule has 0 aromatic carbocycles. The lowest BCUT2D eigenvalue weighted by molar-refractivity contribution is -0.308. The van der Waals surface area contributed by atoms with E-state index in [1.165, 1.54) is 7.11 Å². The Morgan fingerprint density at radius 2 is 1.46 bits per heavy atom. The van der Waals surface area contributed by atoms with Crippen molar-refractivity contribution in [3.63, 3.8) is 0 Å². The van der Waals surface area contributed by atoms with Crippen molar-refractivity contribution in [1.82, 2.24) is 0 Å². The molecule has 17 heteroatoms. The van der Waals surface area contributed by atoms with Crippen LogP contribution in [0.15, 0.2) is 12.2 Å². The van der Waals surface area contributed by atoms with E-state index in [0.29, 0.717) is 25.7 Å². The molecular formula is C40H68O17. The van der Waals surface area contributed by atoms with Crippen LogP contribution in [0.5, 0.6) is 0 Å². The largest absolute Gasteiger partial charge is 0.396 e. The topological polar surface area (TPSA) is 289 Å². The van der Waals surface area contributed by atoms with E-state index in [1.807, 2.05) is 32.9 Å². The van der Waals surface area contributed by atoms with E-state index in [9.17, 15) is 61.3 Å². The van der Waals surface area contributed by atoms with E-state index >= 15 is 0 Å². The fourth-order valence-electron chi connectivity index (χ4n) is 12.4. The standard InChI is InChI=1S/C40H68O17/c1-17(25-29(49)30(50)35-39(25,4)11-9-24-38(3)10-8-20(43)27(47)26(38)21(44)12-40(24,35)52)6-7-19(18(2)13-41)15-54-37-34(31(51)32(56-37)22(45)14-42)57-36-33(53-5)28(48)23(46)16-55-36/h6-7,17-37,41-52H,8-16H2,1-5H3/b7-6+/t17-,18?,19?,20+,21+,22-,23+,24?,25+,26?,27+,28-,29-,30-,31-,32-,33+,34+,35?,36-,37+,38-,39-,40+/m1/s1. The van der Waals surface area contributed by atoms with Gasteiger partial charge in [0.2, 0.25) is 0 Å². The van der Waals surface area contributed by atoms with Gasteiger partial charge >= 0.3 is 0 Å². The minimum Gasteiger partial charge on any atom is -0.396 e. The van der Waals surface area contributed by atoms with E-state index < -0.39 is 133 Å². The van der Waals surface area contributed by atoms with Crippen LogP contribution in [0.3, 0.4) is 0 Å². The molecule has 12 N–H and O–H groups in total. The number of aliphatic hydroxyl groups excluding tert-OH is 11. The quantitative estimate of drug-likeness (QED) is 0.0847. The van der Waals surface area contributed by atoms with Gasteiger partial charge in [-0.3, -0.25) is 0 Å². The fourth-order valence-corrected chi connectivity index (χ4v) is 12.4. The van der Waals surface area contributed by atoms with Crippen LogP contribution in [-0.4, -0.2) is 186 Å². The number of hydrogen-bond acceptors (Lipinski definition) is 17. The molecule has 0 spiro atoms. The van der Waals surface area contributed by atoms with Crippen molar-refractivity contribution < 1.29 is 85.0 Å². The lowest BCUT2D eigenvalue weighted by Gasteiger charge is -2.66. The number of ether oxygens (including phenoxy) is 5. The summed E-state index contributed by atoms with van der Waals surface area (Å²) in [5.74, 6) is -3.53. The van der Waals surface area contributed by atoms with Crippen LogP contribution >= 0.6 is 0 Å². The SMILES string of the molecule is CO[C@@H]1[C@@H](O[C@@H]2[C@@H](OCC(/C=C/[C@@H](C)[C@H]3[C@@H](O)[C@@H](O)C4[C@]5(O)C[C@H](O)C6[C@@H](O)[C@@H](O)CC[C@]6(C)C5CC[C@@]43C)C(C)CO)O[C@H]([C@H](O)CO)[C@H]2O)OC[C@H](O)[C@H]1O. The van der Waals surface area contributed by atoms with Gasteiger partial charge in [-0.25, -0.2) is 0 Å². The highest BCUT2D eigenvalue weighted by molar-refractivity contribution is 5.23. The molecule has 17 nitrogen and oxygen atoms in total. The van der Waals surface area contributed by atoms with E-state index in [2.05, 4.69) is 0 Å². The van der Waals surface area contributed by atoms with Crippen LogP contribution < -0.4 is 0 Å². The van der Waals surface area contributed by atoms with E-state index in [-0.39, 0.29) is 44.0 Å². The summed E-state index contributed by atoms with van der Waals surface area (Å²) < 4.78 is 28.9. The van der Waals surface area contributed by atoms with Gasteiger partial charge < -0.3 is 85.0 Å². The first kappa shape index (κ1) is 45.6. The zero-order chi connectivity index (χ0) is 41.9. The van der Waals surface area contributed by atoms with Crippen molar-refractivity contribution in [2.75, 3.05) is 33.5 Å². The van der Waals surface area contributed by atoms with E-state index in [1.54, 1.807) is 6.92 Å². The van der Waals surface area contributed by atoms with Gasteiger partial charge in [0.25, 0.3) is 0 Å². The van der Waals surface area contributed by atoms with Crippen LogP contribution in [-0.2, 0) is 23.7 Å². The third kappa shape index (κ3) is 7.79. The summed E-state index contributed by atoms with van der Waals surface area (Å²) in [5.41, 5.74) is -3.01. The number of aliphatic hydroxyl groups is 12. The Balaban J connectivity index is 1.19. The van der Waals surface area contributed by atoms with Crippen LogP contribution in [0.1, 0.15) is 59.8 Å². The molecule has 24 atom stereocenters. The van der Waals surface area contributed by atoms with Gasteiger partial charge in [0.1, 0.15) is 42.7 Å². The fraction of sp³-hybridized carbons (Fsp3) is 0.950. The average molecular weight is 821 g/mol. The van der Waals surface area contributed by atoms with Gasteiger partial charge in [-0.05, 0) is 60.2 Å². The highest BCUT2D eigenvalue weighted by Gasteiger charge is 2.73. The van der Waals surface area contributed by atoms with Gasteiger partial charge in [-0.1, -0.05) is 39.8 Å². The molecule has 0 radical (unpaired) electrons. The lowest BCUT2D eigenvalue weighted by atomic mass is 9.41. The molecule has 4 aliphatic carbocycles. The first-order valence-electron chi connectivity index (χ1n) is 20.6. The predicted molar refractivity (Wildman–Crippen MR) is 197 cm³/mol. The second kappa shape index (κ2) is 17.4. The van der Waals surface area contributed by atoms with Crippen LogP contribution in [0.25, 0.3) is 0 Å². The molecule has 6 rings (SSSR count). The molecule has 5 unspecified atom stereocenters. The molecule has 0 aromatic rings.